The molecule has 6 rings (SSSR count). The van der Waals surface area contributed by atoms with Crippen molar-refractivity contribution in [2.24, 2.45) is 0 Å². The first-order chi connectivity index (χ1) is 20.1. The van der Waals surface area contributed by atoms with Crippen LogP contribution >= 0.6 is 0 Å². The Morgan fingerprint density at radius 2 is 1.98 bits per heavy atom. The van der Waals surface area contributed by atoms with Crippen LogP contribution in [0.1, 0.15) is 48.9 Å². The molecule has 0 radical (unpaired) electrons. The summed E-state index contributed by atoms with van der Waals surface area (Å²) in [5.41, 5.74) is 5.02. The molecular weight excluding hydrogens is 514 g/mol. The largest absolute Gasteiger partial charge is 0.462 e. The van der Waals surface area contributed by atoms with E-state index in [9.17, 15) is 10.1 Å². The van der Waals surface area contributed by atoms with Gasteiger partial charge in [0.1, 0.15) is 12.4 Å². The van der Waals surface area contributed by atoms with E-state index in [0.717, 1.165) is 56.7 Å². The van der Waals surface area contributed by atoms with Crippen molar-refractivity contribution >= 4 is 17.4 Å². The van der Waals surface area contributed by atoms with Gasteiger partial charge in [-0.25, -0.2) is 0 Å². The lowest BCUT2D eigenvalue weighted by atomic mass is 9.88. The van der Waals surface area contributed by atoms with E-state index < -0.39 is 0 Å². The predicted molar refractivity (Wildman–Crippen MR) is 158 cm³/mol. The van der Waals surface area contributed by atoms with Crippen LogP contribution in [0.4, 0.5) is 11.5 Å². The number of aryl methyl sites for hydroxylation is 1. The van der Waals surface area contributed by atoms with Crippen LogP contribution in [0, 0.1) is 23.7 Å². The number of amides is 1. The lowest BCUT2D eigenvalue weighted by Crippen LogP contribution is -2.55. The van der Waals surface area contributed by atoms with E-state index in [1.807, 2.05) is 0 Å². The zero-order valence-electron chi connectivity index (χ0n) is 24.0. The molecule has 0 bridgehead atoms. The number of fused-ring (bicyclic) bond motifs is 2. The second-order valence-electron chi connectivity index (χ2n) is 11.8. The van der Waals surface area contributed by atoms with Crippen molar-refractivity contribution in [2.45, 2.75) is 69.5 Å². The Morgan fingerprint density at radius 3 is 2.78 bits per heavy atom. The van der Waals surface area contributed by atoms with Crippen molar-refractivity contribution < 1.29 is 9.53 Å². The van der Waals surface area contributed by atoms with E-state index in [2.05, 4.69) is 58.0 Å². The van der Waals surface area contributed by atoms with Crippen molar-refractivity contribution in [3.05, 3.63) is 41.1 Å². The fourth-order valence-corrected chi connectivity index (χ4v) is 7.13. The molecule has 1 aliphatic carbocycles. The number of hydrogen-bond donors (Lipinski definition) is 0. The highest BCUT2D eigenvalue weighted by molar-refractivity contribution is 5.93. The molecular formula is C32H39N7O2. The highest BCUT2D eigenvalue weighted by Crippen LogP contribution is 2.36. The number of ether oxygens (including phenoxy) is 1. The summed E-state index contributed by atoms with van der Waals surface area (Å²) in [7, 11) is 2.15. The minimum absolute atomic E-state index is 0.227. The number of aromatic nitrogens is 2. The monoisotopic (exact) mass is 553 g/mol. The molecule has 1 unspecified atom stereocenters. The number of nitrogens with zero attached hydrogens (tertiary/aromatic N) is 7. The molecule has 41 heavy (non-hydrogen) atoms. The fourth-order valence-electron chi connectivity index (χ4n) is 7.13. The molecule has 3 aliphatic heterocycles. The Kier molecular flexibility index (Phi) is 7.98. The van der Waals surface area contributed by atoms with E-state index >= 15 is 0 Å². The molecule has 1 aromatic carbocycles. The summed E-state index contributed by atoms with van der Waals surface area (Å²) in [6.45, 7) is 4.30. The number of anilines is 2. The van der Waals surface area contributed by atoms with Crippen molar-refractivity contribution in [1.29, 1.82) is 5.26 Å². The van der Waals surface area contributed by atoms with Crippen LogP contribution in [-0.4, -0.2) is 90.2 Å². The Morgan fingerprint density at radius 1 is 1.10 bits per heavy atom. The van der Waals surface area contributed by atoms with Gasteiger partial charge in [-0.15, -0.1) is 6.42 Å². The van der Waals surface area contributed by atoms with Gasteiger partial charge in [-0.1, -0.05) is 18.2 Å². The maximum absolute atomic E-state index is 12.4. The van der Waals surface area contributed by atoms with Crippen molar-refractivity contribution in [3.8, 4) is 24.4 Å². The first-order valence-corrected chi connectivity index (χ1v) is 15.0. The molecule has 9 nitrogen and oxygen atoms in total. The summed E-state index contributed by atoms with van der Waals surface area (Å²) in [5.74, 6) is 2.76. The van der Waals surface area contributed by atoms with Crippen LogP contribution < -0.4 is 14.5 Å². The number of rotatable bonds is 6. The van der Waals surface area contributed by atoms with Gasteiger partial charge in [0, 0.05) is 55.9 Å². The molecule has 1 aromatic heterocycles. The van der Waals surface area contributed by atoms with Gasteiger partial charge in [-0.2, -0.15) is 15.2 Å². The number of terminal acetylenes is 1. The topological polar surface area (TPSA) is 88.8 Å². The molecule has 2 saturated heterocycles. The van der Waals surface area contributed by atoms with E-state index in [-0.39, 0.29) is 18.4 Å². The van der Waals surface area contributed by atoms with E-state index in [0.29, 0.717) is 44.3 Å². The Labute approximate surface area is 243 Å². The van der Waals surface area contributed by atoms with E-state index in [4.69, 9.17) is 21.1 Å². The Balaban J connectivity index is 1.30. The Hall–Kier alpha value is -3.82. The highest BCUT2D eigenvalue weighted by atomic mass is 16.5. The van der Waals surface area contributed by atoms with E-state index in [1.165, 1.54) is 29.7 Å². The van der Waals surface area contributed by atoms with Crippen LogP contribution in [-0.2, 0) is 24.1 Å². The van der Waals surface area contributed by atoms with Crippen molar-refractivity contribution in [2.75, 3.05) is 56.2 Å². The highest BCUT2D eigenvalue weighted by Gasteiger charge is 2.35. The van der Waals surface area contributed by atoms with Gasteiger partial charge in [0.05, 0.1) is 24.2 Å². The number of carbonyl (C=O) groups excluding carboxylic acids is 1. The zero-order valence-corrected chi connectivity index (χ0v) is 24.0. The molecule has 2 fully saturated rings. The summed E-state index contributed by atoms with van der Waals surface area (Å²) in [6.07, 6.45) is 13.0. The molecule has 4 aliphatic rings. The van der Waals surface area contributed by atoms with Gasteiger partial charge in [0.25, 0.3) is 5.91 Å². The van der Waals surface area contributed by atoms with Crippen LogP contribution in [0.5, 0.6) is 6.01 Å². The molecule has 4 heterocycles. The van der Waals surface area contributed by atoms with Gasteiger partial charge >= 0.3 is 6.01 Å². The maximum Gasteiger partial charge on any atom is 0.318 e. The number of piperazine rings is 1. The molecule has 214 valence electrons. The normalized spacial score (nSPS) is 24.3. The summed E-state index contributed by atoms with van der Waals surface area (Å²) in [5, 5.41) is 9.49. The first-order valence-electron chi connectivity index (χ1n) is 15.0. The standard InChI is InChI=1S/C32H39N7O2/c1-3-30(40)39-19-18-37(21-25(39)14-15-33)31-27-13-12-24(38-17-6-9-23-8-4-5-11-29(23)38)20-28(27)34-32(35-31)41-22-26-10-7-16-36(26)2/h1,4-5,8,11,24-26H,6-7,9-10,12-14,16-22H2,2H3/t24?,25-,26-/m0/s1. The molecule has 9 heteroatoms. The number of likely N-dealkylation sites (N-methyl/N-ethyl adjacent to an activating group) is 1. The lowest BCUT2D eigenvalue weighted by Gasteiger charge is -2.43. The first kappa shape index (κ1) is 27.4. The molecule has 2 aromatic rings. The molecule has 0 saturated carbocycles. The van der Waals surface area contributed by atoms with Crippen LogP contribution in [0.2, 0.25) is 0 Å². The molecule has 0 N–H and O–H groups in total. The third kappa shape index (κ3) is 5.56. The van der Waals surface area contributed by atoms with Crippen LogP contribution in [0.25, 0.3) is 0 Å². The second-order valence-corrected chi connectivity index (χ2v) is 11.8. The Bertz CT molecular complexity index is 1360. The number of likely N-dealkylation sites (tertiary alicyclic amines) is 1. The number of benzene rings is 1. The maximum atomic E-state index is 12.4. The van der Waals surface area contributed by atoms with Gasteiger partial charge in [0.2, 0.25) is 0 Å². The summed E-state index contributed by atoms with van der Waals surface area (Å²) in [4.78, 5) is 31.2. The average Bonchev–Trinajstić information content (AvgIpc) is 3.43. The SMILES string of the molecule is C#CC(=O)N1CCN(c2nc(OC[C@@H]3CCCN3C)nc3c2CCC(N2CCCc4ccccc42)C3)C[C@@H]1CC#N. The van der Waals surface area contributed by atoms with Crippen LogP contribution in [0.3, 0.4) is 0 Å². The van der Waals surface area contributed by atoms with E-state index in [1.54, 1.807) is 4.90 Å². The number of carbonyl (C=O) groups is 1. The fraction of sp³-hybridized carbons (Fsp3) is 0.562. The number of hydrogen-bond acceptors (Lipinski definition) is 8. The second kappa shape index (κ2) is 12.0. The van der Waals surface area contributed by atoms with Gasteiger partial charge in [-0.05, 0) is 69.7 Å². The molecule has 0 spiro atoms. The summed E-state index contributed by atoms with van der Waals surface area (Å²) < 4.78 is 6.30. The zero-order chi connectivity index (χ0) is 28.3. The number of nitriles is 1. The summed E-state index contributed by atoms with van der Waals surface area (Å²) >= 11 is 0. The number of para-hydroxylation sites is 1. The van der Waals surface area contributed by atoms with Gasteiger partial charge in [-0.3, -0.25) is 4.79 Å². The third-order valence-corrected chi connectivity index (χ3v) is 9.36. The average molecular weight is 554 g/mol. The minimum Gasteiger partial charge on any atom is -0.462 e. The van der Waals surface area contributed by atoms with Gasteiger partial charge < -0.3 is 24.3 Å². The molecule has 3 atom stereocenters. The lowest BCUT2D eigenvalue weighted by molar-refractivity contribution is -0.127. The van der Waals surface area contributed by atoms with Crippen molar-refractivity contribution in [3.63, 3.8) is 0 Å². The van der Waals surface area contributed by atoms with Gasteiger partial charge in [0.15, 0.2) is 0 Å². The smallest absolute Gasteiger partial charge is 0.318 e. The third-order valence-electron chi connectivity index (χ3n) is 9.36. The van der Waals surface area contributed by atoms with Crippen molar-refractivity contribution in [1.82, 2.24) is 19.8 Å². The minimum atomic E-state index is -0.357. The van der Waals surface area contributed by atoms with Crippen LogP contribution in [0.15, 0.2) is 24.3 Å². The summed E-state index contributed by atoms with van der Waals surface area (Å²) in [6, 6.07) is 11.9. The predicted octanol–water partition coefficient (Wildman–Crippen LogP) is 2.82. The molecule has 1 amide bonds. The quantitative estimate of drug-likeness (QED) is 0.505.